The van der Waals surface area contributed by atoms with E-state index < -0.39 is 23.8 Å². The van der Waals surface area contributed by atoms with E-state index in [-0.39, 0.29) is 6.61 Å². The van der Waals surface area contributed by atoms with E-state index in [0.29, 0.717) is 23.7 Å². The second kappa shape index (κ2) is 6.86. The van der Waals surface area contributed by atoms with E-state index in [4.69, 9.17) is 21.1 Å². The fourth-order valence-electron chi connectivity index (χ4n) is 2.31. The molecule has 1 aliphatic rings. The monoisotopic (exact) mass is 327 g/mol. The van der Waals surface area contributed by atoms with Gasteiger partial charge in [-0.2, -0.15) is 0 Å². The van der Waals surface area contributed by atoms with Crippen LogP contribution in [0.4, 0.5) is 4.79 Å². The predicted octanol–water partition coefficient (Wildman–Crippen LogP) is 3.01. The van der Waals surface area contributed by atoms with E-state index in [9.17, 15) is 9.90 Å². The van der Waals surface area contributed by atoms with Crippen LogP contribution in [0.2, 0.25) is 5.02 Å². The number of carbonyl (C=O) groups is 1. The fourth-order valence-corrected chi connectivity index (χ4v) is 2.44. The molecule has 0 aliphatic carbocycles. The molecule has 6 heteroatoms. The zero-order chi connectivity index (χ0) is 16.3. The lowest BCUT2D eigenvalue weighted by atomic mass is 10.0. The first-order chi connectivity index (χ1) is 10.3. The lowest BCUT2D eigenvalue weighted by Gasteiger charge is -2.38. The average molecular weight is 328 g/mol. The number of hydrogen-bond donors (Lipinski definition) is 1. The maximum absolute atomic E-state index is 12.3. The number of aliphatic hydroxyl groups excluding tert-OH is 1. The number of benzene rings is 1. The Hall–Kier alpha value is -1.30. The zero-order valence-corrected chi connectivity index (χ0v) is 13.8. The summed E-state index contributed by atoms with van der Waals surface area (Å²) in [6.45, 7) is 6.54. The zero-order valence-electron chi connectivity index (χ0n) is 13.1. The van der Waals surface area contributed by atoms with Crippen LogP contribution >= 0.6 is 11.6 Å². The van der Waals surface area contributed by atoms with Crippen LogP contribution in [0, 0.1) is 0 Å². The summed E-state index contributed by atoms with van der Waals surface area (Å²) in [5, 5.41) is 11.2. The standard InChI is InChI=1S/C16H22ClNO4/c1-16(2,3)22-15(20)18-8-9-21-10-13(18)14(19)11-4-6-12(17)7-5-11/h4-7,13-14,19H,8-10H2,1-3H3. The van der Waals surface area contributed by atoms with Gasteiger partial charge in [-0.25, -0.2) is 4.79 Å². The molecule has 2 unspecified atom stereocenters. The number of halogens is 1. The quantitative estimate of drug-likeness (QED) is 0.907. The van der Waals surface area contributed by atoms with Gasteiger partial charge in [0.25, 0.3) is 0 Å². The molecule has 2 rings (SSSR count). The summed E-state index contributed by atoms with van der Waals surface area (Å²) >= 11 is 5.86. The molecule has 122 valence electrons. The Kier molecular flexibility index (Phi) is 5.32. The van der Waals surface area contributed by atoms with Crippen molar-refractivity contribution in [2.75, 3.05) is 19.8 Å². The highest BCUT2D eigenvalue weighted by Crippen LogP contribution is 2.26. The second-order valence-electron chi connectivity index (χ2n) is 6.31. The smallest absolute Gasteiger partial charge is 0.410 e. The van der Waals surface area contributed by atoms with Crippen molar-refractivity contribution in [3.8, 4) is 0 Å². The second-order valence-corrected chi connectivity index (χ2v) is 6.75. The van der Waals surface area contributed by atoms with Gasteiger partial charge in [0.05, 0.1) is 19.3 Å². The molecule has 22 heavy (non-hydrogen) atoms. The maximum atomic E-state index is 12.3. The molecule has 1 aromatic carbocycles. The van der Waals surface area contributed by atoms with Gasteiger partial charge in [-0.3, -0.25) is 4.90 Å². The summed E-state index contributed by atoms with van der Waals surface area (Å²) in [7, 11) is 0. The predicted molar refractivity (Wildman–Crippen MR) is 84.0 cm³/mol. The van der Waals surface area contributed by atoms with Crippen LogP contribution in [0.3, 0.4) is 0 Å². The Morgan fingerprint density at radius 1 is 1.41 bits per heavy atom. The summed E-state index contributed by atoms with van der Waals surface area (Å²) in [5.74, 6) is 0. The van der Waals surface area contributed by atoms with Crippen molar-refractivity contribution in [3.63, 3.8) is 0 Å². The fraction of sp³-hybridized carbons (Fsp3) is 0.562. The number of aliphatic hydroxyl groups is 1. The molecule has 0 saturated carbocycles. The van der Waals surface area contributed by atoms with Crippen LogP contribution in [0.25, 0.3) is 0 Å². The van der Waals surface area contributed by atoms with E-state index in [1.165, 1.54) is 4.90 Å². The van der Waals surface area contributed by atoms with Crippen molar-refractivity contribution in [1.29, 1.82) is 0 Å². The van der Waals surface area contributed by atoms with E-state index in [1.54, 1.807) is 24.3 Å². The Morgan fingerprint density at radius 3 is 2.64 bits per heavy atom. The summed E-state index contributed by atoms with van der Waals surface area (Å²) < 4.78 is 10.8. The summed E-state index contributed by atoms with van der Waals surface area (Å²) in [5.41, 5.74) is 0.110. The number of amides is 1. The lowest BCUT2D eigenvalue weighted by molar-refractivity contribution is -0.0672. The van der Waals surface area contributed by atoms with E-state index in [0.717, 1.165) is 0 Å². The first kappa shape index (κ1) is 17.1. The van der Waals surface area contributed by atoms with Gasteiger partial charge in [0.15, 0.2) is 0 Å². The molecule has 0 radical (unpaired) electrons. The van der Waals surface area contributed by atoms with Gasteiger partial charge >= 0.3 is 6.09 Å². The van der Waals surface area contributed by atoms with Gasteiger partial charge < -0.3 is 14.6 Å². The Bertz CT molecular complexity index is 512. The van der Waals surface area contributed by atoms with Crippen LogP contribution in [-0.2, 0) is 9.47 Å². The molecular formula is C16H22ClNO4. The van der Waals surface area contributed by atoms with E-state index in [1.807, 2.05) is 20.8 Å². The van der Waals surface area contributed by atoms with E-state index >= 15 is 0 Å². The number of ether oxygens (including phenoxy) is 2. The van der Waals surface area contributed by atoms with Crippen LogP contribution in [0.15, 0.2) is 24.3 Å². The molecule has 1 aliphatic heterocycles. The first-order valence-corrected chi connectivity index (χ1v) is 7.66. The third-order valence-corrected chi connectivity index (χ3v) is 3.62. The first-order valence-electron chi connectivity index (χ1n) is 7.29. The minimum Gasteiger partial charge on any atom is -0.444 e. The normalized spacial score (nSPS) is 20.6. The van der Waals surface area contributed by atoms with Crippen molar-refractivity contribution in [2.24, 2.45) is 0 Å². The number of rotatable bonds is 2. The Labute approximate surface area is 135 Å². The highest BCUT2D eigenvalue weighted by Gasteiger charge is 2.35. The van der Waals surface area contributed by atoms with Crippen LogP contribution in [0.5, 0.6) is 0 Å². The third kappa shape index (κ3) is 4.35. The Morgan fingerprint density at radius 2 is 2.05 bits per heavy atom. The molecular weight excluding hydrogens is 306 g/mol. The third-order valence-electron chi connectivity index (χ3n) is 3.37. The van der Waals surface area contributed by atoms with Crippen molar-refractivity contribution >= 4 is 17.7 Å². The average Bonchev–Trinajstić information content (AvgIpc) is 2.45. The molecule has 0 bridgehead atoms. The van der Waals surface area contributed by atoms with Crippen LogP contribution < -0.4 is 0 Å². The summed E-state index contributed by atoms with van der Waals surface area (Å²) in [6.07, 6.45) is -1.29. The molecule has 1 fully saturated rings. The topological polar surface area (TPSA) is 59.0 Å². The molecule has 5 nitrogen and oxygen atoms in total. The van der Waals surface area contributed by atoms with Gasteiger partial charge in [0.1, 0.15) is 11.7 Å². The minimum atomic E-state index is -0.856. The maximum Gasteiger partial charge on any atom is 0.410 e. The molecule has 1 heterocycles. The summed E-state index contributed by atoms with van der Waals surface area (Å²) in [6, 6.07) is 6.43. The molecule has 1 saturated heterocycles. The van der Waals surface area contributed by atoms with Gasteiger partial charge in [0.2, 0.25) is 0 Å². The molecule has 2 atom stereocenters. The van der Waals surface area contributed by atoms with Crippen LogP contribution in [0.1, 0.15) is 32.4 Å². The van der Waals surface area contributed by atoms with Crippen LogP contribution in [-0.4, -0.2) is 47.5 Å². The highest BCUT2D eigenvalue weighted by molar-refractivity contribution is 6.30. The number of nitrogens with zero attached hydrogens (tertiary/aromatic N) is 1. The number of carbonyl (C=O) groups excluding carboxylic acids is 1. The highest BCUT2D eigenvalue weighted by atomic mass is 35.5. The molecule has 0 spiro atoms. The molecule has 0 aromatic heterocycles. The van der Waals surface area contributed by atoms with Gasteiger partial charge in [-0.15, -0.1) is 0 Å². The van der Waals surface area contributed by atoms with E-state index in [2.05, 4.69) is 0 Å². The van der Waals surface area contributed by atoms with Crippen molar-refractivity contribution < 1.29 is 19.4 Å². The number of hydrogen-bond acceptors (Lipinski definition) is 4. The lowest BCUT2D eigenvalue weighted by Crippen LogP contribution is -2.52. The van der Waals surface area contributed by atoms with Gasteiger partial charge in [-0.05, 0) is 38.5 Å². The van der Waals surface area contributed by atoms with Crippen molar-refractivity contribution in [1.82, 2.24) is 4.90 Å². The van der Waals surface area contributed by atoms with Crippen molar-refractivity contribution in [2.45, 2.75) is 38.5 Å². The minimum absolute atomic E-state index is 0.267. The molecule has 1 aromatic rings. The van der Waals surface area contributed by atoms with Gasteiger partial charge in [-0.1, -0.05) is 23.7 Å². The van der Waals surface area contributed by atoms with Gasteiger partial charge in [0, 0.05) is 11.6 Å². The summed E-state index contributed by atoms with van der Waals surface area (Å²) in [4.78, 5) is 13.9. The van der Waals surface area contributed by atoms with Crippen molar-refractivity contribution in [3.05, 3.63) is 34.9 Å². The molecule has 1 N–H and O–H groups in total. The molecule has 1 amide bonds. The number of morpholine rings is 1. The Balaban J connectivity index is 2.15. The SMILES string of the molecule is CC(C)(C)OC(=O)N1CCOCC1C(O)c1ccc(Cl)cc1. The largest absolute Gasteiger partial charge is 0.444 e.